The van der Waals surface area contributed by atoms with Gasteiger partial charge in [-0.25, -0.2) is 9.79 Å². The van der Waals surface area contributed by atoms with Gasteiger partial charge in [0.25, 0.3) is 0 Å². The van der Waals surface area contributed by atoms with Crippen molar-refractivity contribution in [1.82, 2.24) is 10.2 Å². The molecule has 0 aliphatic carbocycles. The molecule has 1 amide bonds. The summed E-state index contributed by atoms with van der Waals surface area (Å²) in [6.45, 7) is 5.73. The lowest BCUT2D eigenvalue weighted by molar-refractivity contribution is -0.138. The molecule has 0 fully saturated rings. The molecule has 2 aliphatic rings. The molecule has 36 heavy (non-hydrogen) atoms. The minimum absolute atomic E-state index is 0.0563. The number of hydrogen-bond acceptors (Lipinski definition) is 9. The highest BCUT2D eigenvalue weighted by molar-refractivity contribution is 8.16. The number of benzene rings is 1. The smallest absolute Gasteiger partial charge is 0.338 e. The number of allylic oxidation sites excluding steroid dienone is 1. The summed E-state index contributed by atoms with van der Waals surface area (Å²) in [5.41, 5.74) is 2.23. The van der Waals surface area contributed by atoms with Crippen LogP contribution in [-0.2, 0) is 20.9 Å². The van der Waals surface area contributed by atoms with E-state index < -0.39 is 12.0 Å². The number of ether oxygens (including phenoxy) is 3. The number of nitrogens with one attached hydrogen (secondary N) is 1. The zero-order valence-corrected chi connectivity index (χ0v) is 21.1. The topological polar surface area (TPSA) is 103 Å². The van der Waals surface area contributed by atoms with E-state index in [1.54, 1.807) is 45.6 Å². The third-order valence-electron chi connectivity index (χ3n) is 5.66. The molecule has 2 aromatic rings. The van der Waals surface area contributed by atoms with Gasteiger partial charge in [-0.2, -0.15) is 0 Å². The number of nitrogens with zero attached hydrogens (tertiary/aromatic N) is 2. The molecule has 1 aromatic heterocycles. The van der Waals surface area contributed by atoms with Gasteiger partial charge in [-0.1, -0.05) is 36.5 Å². The molecule has 9 nitrogen and oxygen atoms in total. The maximum Gasteiger partial charge on any atom is 0.338 e. The molecule has 4 rings (SSSR count). The average Bonchev–Trinajstić information content (AvgIpc) is 3.54. The highest BCUT2D eigenvalue weighted by Gasteiger charge is 2.42. The molecule has 0 saturated carbocycles. The van der Waals surface area contributed by atoms with Crippen LogP contribution in [0, 0.1) is 0 Å². The third kappa shape index (κ3) is 5.03. The monoisotopic (exact) mass is 509 g/mol. The summed E-state index contributed by atoms with van der Waals surface area (Å²) in [6, 6.07) is 8.37. The van der Waals surface area contributed by atoms with Crippen LogP contribution < -0.4 is 14.8 Å². The summed E-state index contributed by atoms with van der Waals surface area (Å²) >= 11 is 1.39. The van der Waals surface area contributed by atoms with Gasteiger partial charge in [-0.3, -0.25) is 4.79 Å². The predicted molar refractivity (Wildman–Crippen MR) is 136 cm³/mol. The van der Waals surface area contributed by atoms with Crippen molar-refractivity contribution >= 4 is 28.8 Å². The number of esters is 1. The van der Waals surface area contributed by atoms with Gasteiger partial charge in [0.2, 0.25) is 5.91 Å². The Morgan fingerprint density at radius 2 is 2.08 bits per heavy atom. The summed E-state index contributed by atoms with van der Waals surface area (Å²) in [5, 5.41) is 5.39. The van der Waals surface area contributed by atoms with E-state index in [4.69, 9.17) is 18.6 Å². The standard InChI is InChI=1S/C26H27N3O6S/c1-5-11-35-25(31)22-16(2)28-26-29(23(22)19-9-6-10-20(32-3)24(19)33-4)17(15-36-26)13-21(30)27-14-18-8-7-12-34-18/h5-10,12,15,23H,1,11,13-14H2,2-4H3,(H,27,30)/t23-/m1/s1. The predicted octanol–water partition coefficient (Wildman–Crippen LogP) is 4.31. The molecule has 0 radical (unpaired) electrons. The molecule has 188 valence electrons. The number of fused-ring (bicyclic) bond motifs is 1. The Labute approximate surface area is 213 Å². The summed E-state index contributed by atoms with van der Waals surface area (Å²) in [6.07, 6.45) is 3.14. The summed E-state index contributed by atoms with van der Waals surface area (Å²) in [4.78, 5) is 32.6. The van der Waals surface area contributed by atoms with Gasteiger partial charge in [-0.05, 0) is 30.5 Å². The van der Waals surface area contributed by atoms with Crippen molar-refractivity contribution in [3.63, 3.8) is 0 Å². The lowest BCUT2D eigenvalue weighted by Gasteiger charge is -2.37. The number of amidine groups is 1. The fourth-order valence-corrected chi connectivity index (χ4v) is 5.05. The first kappa shape index (κ1) is 25.2. The molecule has 1 atom stereocenters. The Bertz CT molecular complexity index is 1250. The van der Waals surface area contributed by atoms with Crippen molar-refractivity contribution in [1.29, 1.82) is 0 Å². The van der Waals surface area contributed by atoms with Crippen molar-refractivity contribution in [2.45, 2.75) is 25.9 Å². The van der Waals surface area contributed by atoms with E-state index in [0.29, 0.717) is 45.0 Å². The summed E-state index contributed by atoms with van der Waals surface area (Å²) < 4.78 is 21.9. The number of para-hydroxylation sites is 1. The van der Waals surface area contributed by atoms with E-state index in [9.17, 15) is 9.59 Å². The van der Waals surface area contributed by atoms with Gasteiger partial charge in [-0.15, -0.1) is 0 Å². The minimum atomic E-state index is -0.654. The van der Waals surface area contributed by atoms with Crippen LogP contribution in [0.1, 0.15) is 30.7 Å². The van der Waals surface area contributed by atoms with Crippen LogP contribution >= 0.6 is 11.8 Å². The van der Waals surface area contributed by atoms with Crippen LogP contribution in [0.3, 0.4) is 0 Å². The Hall–Kier alpha value is -3.92. The van der Waals surface area contributed by atoms with E-state index >= 15 is 0 Å². The molecular weight excluding hydrogens is 482 g/mol. The van der Waals surface area contributed by atoms with Crippen molar-refractivity contribution < 1.29 is 28.2 Å². The average molecular weight is 510 g/mol. The van der Waals surface area contributed by atoms with Crippen LogP contribution in [0.2, 0.25) is 0 Å². The van der Waals surface area contributed by atoms with Crippen molar-refractivity contribution in [2.24, 2.45) is 4.99 Å². The van der Waals surface area contributed by atoms with Crippen LogP contribution in [0.5, 0.6) is 11.5 Å². The minimum Gasteiger partial charge on any atom is -0.493 e. The number of rotatable bonds is 10. The first-order valence-electron chi connectivity index (χ1n) is 11.2. The zero-order valence-electron chi connectivity index (χ0n) is 20.3. The zero-order chi connectivity index (χ0) is 25.7. The van der Waals surface area contributed by atoms with E-state index in [-0.39, 0.29) is 25.5 Å². The molecule has 1 N–H and O–H groups in total. The van der Waals surface area contributed by atoms with Crippen molar-refractivity contribution in [3.05, 3.63) is 82.9 Å². The number of thioether (sulfide) groups is 1. The molecule has 1 aromatic carbocycles. The molecule has 2 aliphatic heterocycles. The second-order valence-corrected chi connectivity index (χ2v) is 8.73. The van der Waals surface area contributed by atoms with Gasteiger partial charge in [0.05, 0.1) is 50.8 Å². The maximum absolute atomic E-state index is 13.2. The van der Waals surface area contributed by atoms with Gasteiger partial charge < -0.3 is 28.8 Å². The second-order valence-electron chi connectivity index (χ2n) is 7.90. The Kier molecular flexibility index (Phi) is 7.84. The van der Waals surface area contributed by atoms with Crippen LogP contribution in [0.15, 0.2) is 81.0 Å². The summed E-state index contributed by atoms with van der Waals surface area (Å²) in [7, 11) is 3.10. The second kappa shape index (κ2) is 11.2. The van der Waals surface area contributed by atoms with Crippen molar-refractivity contribution in [3.8, 4) is 11.5 Å². The lowest BCUT2D eigenvalue weighted by Crippen LogP contribution is -2.38. The van der Waals surface area contributed by atoms with E-state index in [1.165, 1.54) is 17.8 Å². The first-order valence-corrected chi connectivity index (χ1v) is 12.1. The van der Waals surface area contributed by atoms with Crippen LogP contribution in [0.4, 0.5) is 0 Å². The molecule has 3 heterocycles. The van der Waals surface area contributed by atoms with E-state index in [1.807, 2.05) is 22.4 Å². The van der Waals surface area contributed by atoms with Gasteiger partial charge >= 0.3 is 5.97 Å². The first-order chi connectivity index (χ1) is 17.5. The van der Waals surface area contributed by atoms with E-state index in [0.717, 1.165) is 0 Å². The molecule has 0 unspecified atom stereocenters. The van der Waals surface area contributed by atoms with Gasteiger partial charge in [0, 0.05) is 11.3 Å². The number of carbonyl (C=O) groups excluding carboxylic acids is 2. The SMILES string of the molecule is C=CCOC(=O)C1=C(C)N=C2SC=C(CC(=O)NCc3ccco3)N2[C@@H]1c1cccc(OC)c1OC. The number of amides is 1. The highest BCUT2D eigenvalue weighted by Crippen LogP contribution is 2.48. The van der Waals surface area contributed by atoms with Crippen LogP contribution in [0.25, 0.3) is 0 Å². The number of furan rings is 1. The quantitative estimate of drug-likeness (QED) is 0.373. The van der Waals surface area contributed by atoms with Crippen molar-refractivity contribution in [2.75, 3.05) is 20.8 Å². The molecule has 0 bridgehead atoms. The van der Waals surface area contributed by atoms with Gasteiger partial charge in [0.1, 0.15) is 12.4 Å². The highest BCUT2D eigenvalue weighted by atomic mass is 32.2. The van der Waals surface area contributed by atoms with Gasteiger partial charge in [0.15, 0.2) is 16.7 Å². The number of carbonyl (C=O) groups is 2. The Balaban J connectivity index is 1.71. The Morgan fingerprint density at radius 3 is 2.78 bits per heavy atom. The third-order valence-corrected chi connectivity index (χ3v) is 6.55. The number of aliphatic imine (C=N–C) groups is 1. The number of methoxy groups -OCH3 is 2. The fourth-order valence-electron chi connectivity index (χ4n) is 4.09. The fraction of sp³-hybridized carbons (Fsp3) is 0.269. The van der Waals surface area contributed by atoms with E-state index in [2.05, 4.69) is 16.9 Å². The Morgan fingerprint density at radius 1 is 1.25 bits per heavy atom. The maximum atomic E-state index is 13.2. The lowest BCUT2D eigenvalue weighted by atomic mass is 9.92. The van der Waals surface area contributed by atoms with Crippen LogP contribution in [-0.4, -0.2) is 42.8 Å². The summed E-state index contributed by atoms with van der Waals surface area (Å²) in [5.74, 6) is 0.931. The largest absolute Gasteiger partial charge is 0.493 e. The number of hydrogen-bond donors (Lipinski definition) is 1. The molecular formula is C26H27N3O6S. The molecule has 10 heteroatoms. The normalized spacial score (nSPS) is 16.6. The molecule has 0 spiro atoms. The molecule has 0 saturated heterocycles.